The fourth-order valence-electron chi connectivity index (χ4n) is 2.69. The summed E-state index contributed by atoms with van der Waals surface area (Å²) in [7, 11) is 0. The van der Waals surface area contributed by atoms with Gasteiger partial charge in [-0.1, -0.05) is 11.6 Å². The number of carbonyl (C=O) groups is 1. The lowest BCUT2D eigenvalue weighted by Crippen LogP contribution is -2.30. The molecule has 1 aromatic carbocycles. The molecule has 0 bridgehead atoms. The van der Waals surface area contributed by atoms with Gasteiger partial charge in [0.15, 0.2) is 0 Å². The van der Waals surface area contributed by atoms with Crippen LogP contribution in [0.15, 0.2) is 29.8 Å². The van der Waals surface area contributed by atoms with Crippen molar-refractivity contribution in [2.24, 2.45) is 0 Å². The molecule has 1 aliphatic carbocycles. The second kappa shape index (κ2) is 8.97. The Kier molecular flexibility index (Phi) is 6.68. The van der Waals surface area contributed by atoms with E-state index in [0.29, 0.717) is 23.5 Å². The summed E-state index contributed by atoms with van der Waals surface area (Å²) in [6.07, 6.45) is 7.97. The molecule has 24 heavy (non-hydrogen) atoms. The summed E-state index contributed by atoms with van der Waals surface area (Å²) in [6.45, 7) is 4.44. The van der Waals surface area contributed by atoms with Gasteiger partial charge in [0.25, 0.3) is 0 Å². The molecule has 2 rings (SSSR count). The average molecular weight is 327 g/mol. The number of nitrogens with one attached hydrogen (secondary N) is 2. The van der Waals surface area contributed by atoms with Crippen LogP contribution in [-0.4, -0.2) is 18.7 Å². The number of nitriles is 1. The summed E-state index contributed by atoms with van der Waals surface area (Å²) in [5.41, 5.74) is 2.42. The van der Waals surface area contributed by atoms with Crippen LogP contribution in [-0.2, 0) is 0 Å². The van der Waals surface area contributed by atoms with Crippen molar-refractivity contribution in [2.45, 2.75) is 52.1 Å². The second-order valence-electron chi connectivity index (χ2n) is 6.23. The molecule has 0 atom stereocenters. The molecule has 0 radical (unpaired) electrons. The maximum Gasteiger partial charge on any atom is 0.319 e. The molecule has 0 aromatic heterocycles. The van der Waals surface area contributed by atoms with Crippen LogP contribution in [0.1, 0.15) is 51.5 Å². The highest BCUT2D eigenvalue weighted by Gasteiger charge is 2.11. The van der Waals surface area contributed by atoms with Gasteiger partial charge >= 0.3 is 6.03 Å². The molecule has 2 N–H and O–H groups in total. The van der Waals surface area contributed by atoms with Crippen LogP contribution in [0.3, 0.4) is 0 Å². The zero-order valence-electron chi connectivity index (χ0n) is 14.4. The van der Waals surface area contributed by atoms with Crippen molar-refractivity contribution in [1.82, 2.24) is 5.32 Å². The van der Waals surface area contributed by atoms with Gasteiger partial charge in [0.2, 0.25) is 0 Å². The van der Waals surface area contributed by atoms with Gasteiger partial charge in [-0.3, -0.25) is 0 Å². The number of ether oxygens (including phenoxy) is 1. The Morgan fingerprint density at radius 2 is 2.21 bits per heavy atom. The number of amides is 2. The van der Waals surface area contributed by atoms with E-state index in [2.05, 4.69) is 22.8 Å². The van der Waals surface area contributed by atoms with Crippen LogP contribution < -0.4 is 15.4 Å². The van der Waals surface area contributed by atoms with Crippen molar-refractivity contribution >= 4 is 11.7 Å². The van der Waals surface area contributed by atoms with E-state index < -0.39 is 0 Å². The first-order chi connectivity index (χ1) is 11.6. The number of hydrogen-bond acceptors (Lipinski definition) is 3. The standard InChI is InChI=1S/C19H25N3O2/c1-14(2)24-18-9-8-16(13-20)12-17(18)22-19(23)21-11-10-15-6-4-3-5-7-15/h6,8-9,12,14H,3-5,7,10-11H2,1-2H3,(H2,21,22,23). The third-order valence-electron chi connectivity index (χ3n) is 3.84. The normalized spacial score (nSPS) is 13.8. The Labute approximate surface area is 143 Å². The first-order valence-corrected chi connectivity index (χ1v) is 8.52. The van der Waals surface area contributed by atoms with Crippen molar-refractivity contribution in [2.75, 3.05) is 11.9 Å². The van der Waals surface area contributed by atoms with E-state index in [4.69, 9.17) is 10.00 Å². The predicted octanol–water partition coefficient (Wildman–Crippen LogP) is 4.36. The molecule has 0 spiro atoms. The van der Waals surface area contributed by atoms with Gasteiger partial charge in [0.05, 0.1) is 23.4 Å². The Morgan fingerprint density at radius 3 is 2.88 bits per heavy atom. The number of nitrogens with zero attached hydrogens (tertiary/aromatic N) is 1. The summed E-state index contributed by atoms with van der Waals surface area (Å²) >= 11 is 0. The van der Waals surface area contributed by atoms with Crippen LogP contribution in [0.2, 0.25) is 0 Å². The van der Waals surface area contributed by atoms with Gasteiger partial charge < -0.3 is 15.4 Å². The molecule has 128 valence electrons. The average Bonchev–Trinajstić information content (AvgIpc) is 2.57. The highest BCUT2D eigenvalue weighted by atomic mass is 16.5. The lowest BCUT2D eigenvalue weighted by molar-refractivity contribution is 0.241. The number of benzene rings is 1. The van der Waals surface area contributed by atoms with E-state index >= 15 is 0 Å². The second-order valence-corrected chi connectivity index (χ2v) is 6.23. The fourth-order valence-corrected chi connectivity index (χ4v) is 2.69. The van der Waals surface area contributed by atoms with Crippen LogP contribution in [0.5, 0.6) is 5.75 Å². The van der Waals surface area contributed by atoms with Gasteiger partial charge in [-0.05, 0) is 64.2 Å². The summed E-state index contributed by atoms with van der Waals surface area (Å²) in [6, 6.07) is 6.80. The van der Waals surface area contributed by atoms with Gasteiger partial charge in [-0.15, -0.1) is 0 Å². The minimum atomic E-state index is -0.282. The third kappa shape index (κ3) is 5.62. The fraction of sp³-hybridized carbons (Fsp3) is 0.474. The molecule has 5 heteroatoms. The summed E-state index contributed by atoms with van der Waals surface area (Å²) in [5, 5.41) is 14.7. The minimum absolute atomic E-state index is 0.0141. The van der Waals surface area contributed by atoms with E-state index in [1.807, 2.05) is 13.8 Å². The largest absolute Gasteiger partial charge is 0.489 e. The highest BCUT2D eigenvalue weighted by Crippen LogP contribution is 2.26. The number of rotatable bonds is 6. The van der Waals surface area contributed by atoms with Gasteiger partial charge in [-0.25, -0.2) is 4.79 Å². The predicted molar refractivity (Wildman–Crippen MR) is 95.1 cm³/mol. The topological polar surface area (TPSA) is 74.1 Å². The molecular formula is C19H25N3O2. The summed E-state index contributed by atoms with van der Waals surface area (Å²) in [4.78, 5) is 12.1. The number of allylic oxidation sites excluding steroid dienone is 1. The number of urea groups is 1. The maximum absolute atomic E-state index is 12.1. The number of anilines is 1. The van der Waals surface area contributed by atoms with Crippen LogP contribution in [0.4, 0.5) is 10.5 Å². The van der Waals surface area contributed by atoms with Crippen LogP contribution in [0, 0.1) is 11.3 Å². The molecule has 0 unspecified atom stereocenters. The zero-order chi connectivity index (χ0) is 17.4. The number of carbonyl (C=O) groups excluding carboxylic acids is 1. The molecule has 0 heterocycles. The third-order valence-corrected chi connectivity index (χ3v) is 3.84. The lowest BCUT2D eigenvalue weighted by atomic mass is 9.97. The van der Waals surface area contributed by atoms with Crippen molar-refractivity contribution in [3.63, 3.8) is 0 Å². The molecule has 1 aliphatic rings. The van der Waals surface area contributed by atoms with Crippen LogP contribution >= 0.6 is 0 Å². The number of hydrogen-bond donors (Lipinski definition) is 2. The smallest absolute Gasteiger partial charge is 0.319 e. The molecule has 0 saturated carbocycles. The SMILES string of the molecule is CC(C)Oc1ccc(C#N)cc1NC(=O)NCCC1=CCCCC1. The van der Waals surface area contributed by atoms with E-state index in [0.717, 1.165) is 19.3 Å². The molecule has 0 saturated heterocycles. The van der Waals surface area contributed by atoms with Crippen molar-refractivity contribution < 1.29 is 9.53 Å². The van der Waals surface area contributed by atoms with E-state index in [9.17, 15) is 4.79 Å². The quantitative estimate of drug-likeness (QED) is 0.762. The van der Waals surface area contributed by atoms with E-state index in [1.165, 1.54) is 18.4 Å². The Hall–Kier alpha value is -2.48. The lowest BCUT2D eigenvalue weighted by Gasteiger charge is -2.16. The molecule has 1 aromatic rings. The van der Waals surface area contributed by atoms with Crippen LogP contribution in [0.25, 0.3) is 0 Å². The Morgan fingerprint density at radius 1 is 1.38 bits per heavy atom. The summed E-state index contributed by atoms with van der Waals surface area (Å²) in [5.74, 6) is 0.564. The van der Waals surface area contributed by atoms with Gasteiger partial charge in [-0.2, -0.15) is 5.26 Å². The van der Waals surface area contributed by atoms with Crippen molar-refractivity contribution in [3.05, 3.63) is 35.4 Å². The molecule has 2 amide bonds. The molecule has 0 fully saturated rings. The maximum atomic E-state index is 12.1. The van der Waals surface area contributed by atoms with Gasteiger partial charge in [0.1, 0.15) is 5.75 Å². The van der Waals surface area contributed by atoms with Gasteiger partial charge in [0, 0.05) is 6.54 Å². The Bertz CT molecular complexity index is 645. The molecular weight excluding hydrogens is 302 g/mol. The highest BCUT2D eigenvalue weighted by molar-refractivity contribution is 5.91. The summed E-state index contributed by atoms with van der Waals surface area (Å²) < 4.78 is 5.68. The zero-order valence-corrected chi connectivity index (χ0v) is 14.4. The van der Waals surface area contributed by atoms with E-state index in [1.54, 1.807) is 18.2 Å². The first-order valence-electron chi connectivity index (χ1n) is 8.52. The molecule has 5 nitrogen and oxygen atoms in total. The van der Waals surface area contributed by atoms with E-state index in [-0.39, 0.29) is 12.1 Å². The minimum Gasteiger partial charge on any atom is -0.489 e. The van der Waals surface area contributed by atoms with Crippen molar-refractivity contribution in [1.29, 1.82) is 5.26 Å². The molecule has 0 aliphatic heterocycles. The Balaban J connectivity index is 1.92. The monoisotopic (exact) mass is 327 g/mol. The first kappa shape index (κ1) is 17.9. The van der Waals surface area contributed by atoms with Crippen molar-refractivity contribution in [3.8, 4) is 11.8 Å².